The first-order valence-corrected chi connectivity index (χ1v) is 10.8. The lowest BCUT2D eigenvalue weighted by Crippen LogP contribution is -2.46. The Morgan fingerprint density at radius 3 is 2.31 bits per heavy atom. The van der Waals surface area contributed by atoms with Crippen molar-refractivity contribution in [2.75, 3.05) is 41.3 Å². The fourth-order valence-electron chi connectivity index (χ4n) is 4.09. The molecule has 0 atom stereocenters. The number of rotatable bonds is 5. The summed E-state index contributed by atoms with van der Waals surface area (Å²) in [5.41, 5.74) is 4.89. The van der Waals surface area contributed by atoms with Crippen LogP contribution in [0, 0.1) is 12.7 Å². The van der Waals surface area contributed by atoms with Gasteiger partial charge in [-0.2, -0.15) is 4.98 Å². The van der Waals surface area contributed by atoms with Crippen LogP contribution in [-0.4, -0.2) is 40.9 Å². The third kappa shape index (κ3) is 4.27. The highest BCUT2D eigenvalue weighted by Gasteiger charge is 2.20. The van der Waals surface area contributed by atoms with Crippen LogP contribution in [0.15, 0.2) is 79.1 Å². The van der Waals surface area contributed by atoms with Crippen molar-refractivity contribution in [3.8, 4) is 5.69 Å². The highest BCUT2D eigenvalue weighted by Crippen LogP contribution is 2.27. The molecule has 0 bridgehead atoms. The molecule has 1 N–H and O–H groups in total. The molecule has 3 aromatic carbocycles. The largest absolute Gasteiger partial charge is 0.368 e. The number of benzene rings is 3. The molecule has 0 saturated carbocycles. The molecule has 162 valence electrons. The molecule has 32 heavy (non-hydrogen) atoms. The zero-order chi connectivity index (χ0) is 21.9. The summed E-state index contributed by atoms with van der Waals surface area (Å²) < 4.78 is 15.9. The fraction of sp³-hybridized carbons (Fsp3) is 0.200. The Morgan fingerprint density at radius 1 is 0.812 bits per heavy atom. The maximum absolute atomic E-state index is 14.1. The van der Waals surface area contributed by atoms with Crippen LogP contribution in [0.1, 0.15) is 5.56 Å². The lowest BCUT2D eigenvalue weighted by molar-refractivity contribution is 0.598. The summed E-state index contributed by atoms with van der Waals surface area (Å²) in [6.45, 7) is 5.30. The molecule has 1 aliphatic rings. The lowest BCUT2D eigenvalue weighted by atomic mass is 10.1. The van der Waals surface area contributed by atoms with E-state index in [2.05, 4.69) is 50.3 Å². The van der Waals surface area contributed by atoms with Crippen molar-refractivity contribution in [3.63, 3.8) is 0 Å². The van der Waals surface area contributed by atoms with Gasteiger partial charge in [-0.15, -0.1) is 5.10 Å². The topological polar surface area (TPSA) is 49.2 Å². The Morgan fingerprint density at radius 2 is 1.53 bits per heavy atom. The van der Waals surface area contributed by atoms with Crippen LogP contribution in [0.2, 0.25) is 0 Å². The Kier molecular flexibility index (Phi) is 5.46. The summed E-state index contributed by atoms with van der Waals surface area (Å²) in [7, 11) is 0. The number of anilines is 4. The van der Waals surface area contributed by atoms with Crippen molar-refractivity contribution >= 4 is 23.0 Å². The van der Waals surface area contributed by atoms with Crippen molar-refractivity contribution in [1.82, 2.24) is 14.8 Å². The third-order valence-corrected chi connectivity index (χ3v) is 5.67. The van der Waals surface area contributed by atoms with Crippen molar-refractivity contribution in [1.29, 1.82) is 0 Å². The van der Waals surface area contributed by atoms with E-state index in [1.165, 1.54) is 6.07 Å². The van der Waals surface area contributed by atoms with E-state index in [0.29, 0.717) is 11.6 Å². The normalized spacial score (nSPS) is 13.9. The van der Waals surface area contributed by atoms with Gasteiger partial charge in [0.15, 0.2) is 0 Å². The minimum atomic E-state index is -0.162. The standard InChI is InChI=1S/C25H25FN6/c1-19-15-20(28-25-27-18-32(29-25)21-7-3-2-4-8-21)17-22(16-19)30-11-13-31(14-12-30)24-10-6-5-9-23(24)26/h2-10,15-18H,11-14H2,1H3,(H,28,29). The van der Waals surface area contributed by atoms with Gasteiger partial charge in [0.25, 0.3) is 0 Å². The summed E-state index contributed by atoms with van der Waals surface area (Å²) in [5, 5.41) is 7.86. The Labute approximate surface area is 186 Å². The predicted octanol–water partition coefficient (Wildman–Crippen LogP) is 4.79. The first-order chi connectivity index (χ1) is 15.7. The first-order valence-electron chi connectivity index (χ1n) is 10.8. The van der Waals surface area contributed by atoms with Gasteiger partial charge < -0.3 is 15.1 Å². The van der Waals surface area contributed by atoms with Gasteiger partial charge in [0.05, 0.1) is 11.4 Å². The molecular weight excluding hydrogens is 403 g/mol. The molecule has 2 heterocycles. The van der Waals surface area contributed by atoms with E-state index in [-0.39, 0.29) is 5.82 Å². The summed E-state index contributed by atoms with van der Waals surface area (Å²) in [6, 6.07) is 23.3. The second kappa shape index (κ2) is 8.70. The molecule has 0 aliphatic carbocycles. The number of nitrogens with zero attached hydrogens (tertiary/aromatic N) is 5. The average Bonchev–Trinajstić information content (AvgIpc) is 3.28. The average molecular weight is 429 g/mol. The van der Waals surface area contributed by atoms with E-state index in [0.717, 1.165) is 48.8 Å². The molecule has 1 saturated heterocycles. The maximum atomic E-state index is 14.1. The van der Waals surface area contributed by atoms with Crippen LogP contribution in [-0.2, 0) is 0 Å². The molecule has 1 aromatic heterocycles. The van der Waals surface area contributed by atoms with E-state index < -0.39 is 0 Å². The quantitative estimate of drug-likeness (QED) is 0.496. The van der Waals surface area contributed by atoms with Crippen LogP contribution >= 0.6 is 0 Å². The van der Waals surface area contributed by atoms with Crippen LogP contribution in [0.3, 0.4) is 0 Å². The maximum Gasteiger partial charge on any atom is 0.246 e. The second-order valence-corrected chi connectivity index (χ2v) is 7.96. The highest BCUT2D eigenvalue weighted by atomic mass is 19.1. The fourth-order valence-corrected chi connectivity index (χ4v) is 4.09. The number of halogens is 1. The van der Waals surface area contributed by atoms with Crippen molar-refractivity contribution in [2.45, 2.75) is 6.92 Å². The number of nitrogens with one attached hydrogen (secondary N) is 1. The Balaban J connectivity index is 1.29. The monoisotopic (exact) mass is 428 g/mol. The summed E-state index contributed by atoms with van der Waals surface area (Å²) in [5.74, 6) is 0.389. The van der Waals surface area contributed by atoms with Gasteiger partial charge in [-0.1, -0.05) is 30.3 Å². The predicted molar refractivity (Wildman–Crippen MR) is 127 cm³/mol. The molecule has 0 spiro atoms. The number of hydrogen-bond acceptors (Lipinski definition) is 5. The number of para-hydroxylation sites is 2. The van der Waals surface area contributed by atoms with Gasteiger partial charge in [0.1, 0.15) is 12.1 Å². The first kappa shape index (κ1) is 20.1. The van der Waals surface area contributed by atoms with Crippen LogP contribution in [0.5, 0.6) is 0 Å². The van der Waals surface area contributed by atoms with Crippen molar-refractivity contribution in [2.24, 2.45) is 0 Å². The van der Waals surface area contributed by atoms with Gasteiger partial charge in [-0.25, -0.2) is 9.07 Å². The highest BCUT2D eigenvalue weighted by molar-refractivity contribution is 5.64. The van der Waals surface area contributed by atoms with Gasteiger partial charge in [-0.05, 0) is 55.0 Å². The zero-order valence-electron chi connectivity index (χ0n) is 17.9. The molecule has 5 rings (SSSR count). The molecule has 0 radical (unpaired) electrons. The van der Waals surface area contributed by atoms with Crippen molar-refractivity contribution in [3.05, 3.63) is 90.5 Å². The van der Waals surface area contributed by atoms with E-state index in [4.69, 9.17) is 0 Å². The number of hydrogen-bond donors (Lipinski definition) is 1. The van der Waals surface area contributed by atoms with Crippen LogP contribution in [0.25, 0.3) is 5.69 Å². The molecular formula is C25H25FN6. The summed E-state index contributed by atoms with van der Waals surface area (Å²) in [4.78, 5) is 8.85. The smallest absolute Gasteiger partial charge is 0.246 e. The Hall–Kier alpha value is -3.87. The van der Waals surface area contributed by atoms with E-state index in [1.54, 1.807) is 17.1 Å². The SMILES string of the molecule is Cc1cc(Nc2ncn(-c3ccccc3)n2)cc(N2CCN(c3ccccc3F)CC2)c1. The van der Waals surface area contributed by atoms with Crippen LogP contribution in [0.4, 0.5) is 27.4 Å². The van der Waals surface area contributed by atoms with E-state index >= 15 is 0 Å². The third-order valence-electron chi connectivity index (χ3n) is 5.67. The number of piperazine rings is 1. The summed E-state index contributed by atoms with van der Waals surface area (Å²) >= 11 is 0. The second-order valence-electron chi connectivity index (χ2n) is 7.96. The molecule has 6 nitrogen and oxygen atoms in total. The molecule has 0 unspecified atom stereocenters. The van der Waals surface area contributed by atoms with Gasteiger partial charge in [-0.3, -0.25) is 0 Å². The minimum absolute atomic E-state index is 0.162. The van der Waals surface area contributed by atoms with Gasteiger partial charge >= 0.3 is 0 Å². The molecule has 4 aromatic rings. The molecule has 7 heteroatoms. The van der Waals surface area contributed by atoms with Gasteiger partial charge in [0.2, 0.25) is 5.95 Å². The number of aromatic nitrogens is 3. The van der Waals surface area contributed by atoms with E-state index in [1.807, 2.05) is 42.5 Å². The number of aryl methyl sites for hydroxylation is 1. The zero-order valence-corrected chi connectivity index (χ0v) is 17.9. The minimum Gasteiger partial charge on any atom is -0.368 e. The van der Waals surface area contributed by atoms with Crippen LogP contribution < -0.4 is 15.1 Å². The van der Waals surface area contributed by atoms with E-state index in [9.17, 15) is 4.39 Å². The van der Waals surface area contributed by atoms with Crippen molar-refractivity contribution < 1.29 is 4.39 Å². The molecule has 0 amide bonds. The summed E-state index contributed by atoms with van der Waals surface area (Å²) in [6.07, 6.45) is 1.70. The lowest BCUT2D eigenvalue weighted by Gasteiger charge is -2.37. The molecule has 1 fully saturated rings. The van der Waals surface area contributed by atoms with Gasteiger partial charge in [0, 0.05) is 37.6 Å². The Bertz CT molecular complexity index is 1200. The molecule has 1 aliphatic heterocycles.